The minimum Gasteiger partial charge on any atom is -0.371 e. The fourth-order valence-corrected chi connectivity index (χ4v) is 3.25. The first-order valence-corrected chi connectivity index (χ1v) is 9.33. The predicted molar refractivity (Wildman–Crippen MR) is 111 cm³/mol. The normalized spacial score (nSPS) is 12.7. The van der Waals surface area contributed by atoms with Crippen molar-refractivity contribution in [1.29, 1.82) is 10.5 Å². The van der Waals surface area contributed by atoms with E-state index < -0.39 is 23.2 Å². The number of hydrazone groups is 1. The van der Waals surface area contributed by atoms with Gasteiger partial charge in [0.15, 0.2) is 0 Å². The second-order valence-corrected chi connectivity index (χ2v) is 6.85. The number of halogens is 2. The molecule has 3 N–H and O–H groups in total. The number of hydrogen-bond acceptors (Lipinski definition) is 7. The van der Waals surface area contributed by atoms with Crippen LogP contribution in [0, 0.1) is 28.5 Å². The lowest BCUT2D eigenvalue weighted by molar-refractivity contribution is -0.129. The van der Waals surface area contributed by atoms with Crippen LogP contribution in [0.4, 0.5) is 14.9 Å². The van der Waals surface area contributed by atoms with Crippen LogP contribution < -0.4 is 11.2 Å². The summed E-state index contributed by atoms with van der Waals surface area (Å²) in [6, 6.07) is 14.4. The summed E-state index contributed by atoms with van der Waals surface area (Å²) in [6.07, 6.45) is -0.597. The number of nitrogens with zero attached hydrogens (tertiary/aromatic N) is 3. The number of nitriles is 2. The minimum absolute atomic E-state index is 0.254. The van der Waals surface area contributed by atoms with Crippen molar-refractivity contribution < 1.29 is 18.7 Å². The summed E-state index contributed by atoms with van der Waals surface area (Å²) in [4.78, 5) is 22.1. The molecule has 0 aromatic heterocycles. The Labute approximate surface area is 182 Å². The lowest BCUT2D eigenvalue weighted by Crippen LogP contribution is -2.27. The highest BCUT2D eigenvalue weighted by molar-refractivity contribution is 6.44. The zero-order chi connectivity index (χ0) is 23.0. The van der Waals surface area contributed by atoms with Crippen LogP contribution in [0.15, 0.2) is 47.6 Å². The Morgan fingerprint density at radius 1 is 1.26 bits per heavy atom. The molecular formula is C21H17ClFN5O3. The highest BCUT2D eigenvalue weighted by Crippen LogP contribution is 2.37. The molecule has 2 rings (SSSR count). The van der Waals surface area contributed by atoms with E-state index in [4.69, 9.17) is 22.6 Å². The molecule has 0 saturated heterocycles. The first-order valence-electron chi connectivity index (χ1n) is 8.95. The summed E-state index contributed by atoms with van der Waals surface area (Å²) in [5, 5.41) is 22.7. The van der Waals surface area contributed by atoms with Gasteiger partial charge >= 0.3 is 12.1 Å². The van der Waals surface area contributed by atoms with Crippen LogP contribution in [-0.2, 0) is 21.4 Å². The summed E-state index contributed by atoms with van der Waals surface area (Å²) in [6.45, 7) is 1.85. The van der Waals surface area contributed by atoms with Gasteiger partial charge in [-0.1, -0.05) is 36.7 Å². The number of primary amides is 1. The van der Waals surface area contributed by atoms with E-state index in [0.717, 1.165) is 5.56 Å². The number of anilines is 1. The van der Waals surface area contributed by atoms with E-state index in [9.17, 15) is 19.2 Å². The van der Waals surface area contributed by atoms with E-state index >= 15 is 0 Å². The third kappa shape index (κ3) is 5.78. The average molecular weight is 442 g/mol. The van der Waals surface area contributed by atoms with Crippen molar-refractivity contribution >= 4 is 35.1 Å². The van der Waals surface area contributed by atoms with Crippen molar-refractivity contribution in [3.63, 3.8) is 0 Å². The van der Waals surface area contributed by atoms with Crippen LogP contribution in [0.3, 0.4) is 0 Å². The second kappa shape index (κ2) is 10.2. The van der Waals surface area contributed by atoms with Gasteiger partial charge in [0.25, 0.3) is 0 Å². The predicted octanol–water partition coefficient (Wildman–Crippen LogP) is 3.81. The average Bonchev–Trinajstić information content (AvgIpc) is 2.74. The number of ether oxygens (including phenoxy) is 1. The monoisotopic (exact) mass is 441 g/mol. The smallest absolute Gasteiger partial charge is 0.371 e. The Hall–Kier alpha value is -3.95. The van der Waals surface area contributed by atoms with Crippen LogP contribution in [0.2, 0.25) is 5.02 Å². The number of benzene rings is 2. The number of hydrogen-bond donors (Lipinski definition) is 2. The van der Waals surface area contributed by atoms with E-state index in [2.05, 4.69) is 21.3 Å². The van der Waals surface area contributed by atoms with Crippen LogP contribution in [-0.4, -0.2) is 17.8 Å². The molecule has 2 aromatic rings. The number of rotatable bonds is 7. The van der Waals surface area contributed by atoms with Crippen LogP contribution in [0.1, 0.15) is 24.5 Å². The van der Waals surface area contributed by atoms with Crippen molar-refractivity contribution in [3.05, 3.63) is 64.4 Å². The highest BCUT2D eigenvalue weighted by Gasteiger charge is 2.33. The molecule has 0 bridgehead atoms. The van der Waals surface area contributed by atoms with Gasteiger partial charge in [-0.15, -0.1) is 0 Å². The summed E-state index contributed by atoms with van der Waals surface area (Å²) in [5.41, 5.74) is 7.17. The lowest BCUT2D eigenvalue weighted by atomic mass is 9.74. The van der Waals surface area contributed by atoms with Crippen molar-refractivity contribution in [2.75, 3.05) is 5.43 Å². The van der Waals surface area contributed by atoms with Gasteiger partial charge in [0.1, 0.15) is 11.9 Å². The van der Waals surface area contributed by atoms with Crippen LogP contribution in [0.25, 0.3) is 0 Å². The van der Waals surface area contributed by atoms with Gasteiger partial charge in [-0.25, -0.2) is 14.0 Å². The van der Waals surface area contributed by atoms with Gasteiger partial charge in [-0.2, -0.15) is 15.6 Å². The minimum atomic E-state index is -1.37. The highest BCUT2D eigenvalue weighted by atomic mass is 35.5. The SMILES string of the molecule is CCC(C#N)(Cc1ccc(F)cc1)c1ccc(NN=C(C#N)C(=O)OC(N)=O)cc1Cl. The number of carbonyl (C=O) groups is 2. The van der Waals surface area contributed by atoms with Gasteiger partial charge in [0.05, 0.1) is 17.2 Å². The van der Waals surface area contributed by atoms with Crippen molar-refractivity contribution in [1.82, 2.24) is 0 Å². The molecule has 0 radical (unpaired) electrons. The molecule has 1 atom stereocenters. The van der Waals surface area contributed by atoms with Crippen LogP contribution >= 0.6 is 11.6 Å². The molecule has 31 heavy (non-hydrogen) atoms. The zero-order valence-electron chi connectivity index (χ0n) is 16.4. The number of esters is 1. The Balaban J connectivity index is 2.30. The molecule has 0 aliphatic carbocycles. The van der Waals surface area contributed by atoms with E-state index in [1.165, 1.54) is 24.3 Å². The number of amides is 1. The molecule has 0 fully saturated rings. The largest absolute Gasteiger partial charge is 0.412 e. The van der Waals surface area contributed by atoms with Gasteiger partial charge < -0.3 is 10.5 Å². The maximum absolute atomic E-state index is 13.2. The standard InChI is InChI=1S/C21H17ClFN5O3/c1-2-21(12-25,10-13-3-5-14(23)6-4-13)16-8-7-15(9-17(16)22)27-28-18(11-24)19(29)31-20(26)30/h3-9,27H,2,10H2,1H3,(H2,26,30). The fraction of sp³-hybridized carbons (Fsp3) is 0.190. The summed E-state index contributed by atoms with van der Waals surface area (Å²) in [5.74, 6) is -1.67. The lowest BCUT2D eigenvalue weighted by Gasteiger charge is -2.27. The summed E-state index contributed by atoms with van der Waals surface area (Å²) < 4.78 is 17.3. The van der Waals surface area contributed by atoms with E-state index in [1.807, 2.05) is 6.92 Å². The quantitative estimate of drug-likeness (QED) is 0.289. The molecule has 8 nitrogen and oxygen atoms in total. The molecule has 10 heteroatoms. The summed E-state index contributed by atoms with van der Waals surface area (Å²) >= 11 is 6.43. The van der Waals surface area contributed by atoms with Crippen molar-refractivity contribution in [3.8, 4) is 12.1 Å². The van der Waals surface area contributed by atoms with Gasteiger partial charge in [-0.05, 0) is 48.2 Å². The Morgan fingerprint density at radius 2 is 1.94 bits per heavy atom. The molecule has 1 unspecified atom stereocenters. The molecule has 1 amide bonds. The number of carbonyl (C=O) groups excluding carboxylic acids is 2. The molecule has 0 saturated carbocycles. The van der Waals surface area contributed by atoms with Gasteiger partial charge in [-0.3, -0.25) is 5.43 Å². The van der Waals surface area contributed by atoms with Gasteiger partial charge in [0, 0.05) is 5.02 Å². The first kappa shape index (κ1) is 23.3. The molecule has 0 aliphatic rings. The summed E-state index contributed by atoms with van der Waals surface area (Å²) in [7, 11) is 0. The molecule has 2 aromatic carbocycles. The Bertz CT molecular complexity index is 1110. The Kier molecular flexibility index (Phi) is 7.67. The van der Waals surface area contributed by atoms with Crippen molar-refractivity contribution in [2.45, 2.75) is 25.2 Å². The number of nitrogens with two attached hydrogens (primary N) is 1. The molecule has 158 valence electrons. The first-order chi connectivity index (χ1) is 14.7. The van der Waals surface area contributed by atoms with E-state index in [1.54, 1.807) is 24.3 Å². The fourth-order valence-electron chi connectivity index (χ4n) is 2.89. The molecule has 0 heterocycles. The maximum Gasteiger partial charge on any atom is 0.412 e. The van der Waals surface area contributed by atoms with Crippen molar-refractivity contribution in [2.24, 2.45) is 10.8 Å². The molecule has 0 aliphatic heterocycles. The maximum atomic E-state index is 13.2. The number of nitrogens with one attached hydrogen (secondary N) is 1. The topological polar surface area (TPSA) is 141 Å². The second-order valence-electron chi connectivity index (χ2n) is 6.44. The zero-order valence-corrected chi connectivity index (χ0v) is 17.1. The Morgan fingerprint density at radius 3 is 2.45 bits per heavy atom. The van der Waals surface area contributed by atoms with Gasteiger partial charge in [0.2, 0.25) is 5.71 Å². The van der Waals surface area contributed by atoms with Crippen LogP contribution in [0.5, 0.6) is 0 Å². The third-order valence-electron chi connectivity index (χ3n) is 4.51. The molecule has 0 spiro atoms. The molecular weight excluding hydrogens is 425 g/mol. The van der Waals surface area contributed by atoms with E-state index in [0.29, 0.717) is 24.1 Å². The van der Waals surface area contributed by atoms with E-state index in [-0.39, 0.29) is 10.8 Å². The third-order valence-corrected chi connectivity index (χ3v) is 4.82.